The fourth-order valence-electron chi connectivity index (χ4n) is 4.58. The zero-order chi connectivity index (χ0) is 25.8. The number of carbonyl (C=O) groups excluding carboxylic acids is 1. The Morgan fingerprint density at radius 3 is 2.22 bits per heavy atom. The van der Waals surface area contributed by atoms with E-state index < -0.39 is 0 Å². The van der Waals surface area contributed by atoms with E-state index in [0.29, 0.717) is 11.1 Å². The topological polar surface area (TPSA) is 47.8 Å². The fraction of sp³-hybridized carbons (Fsp3) is 0.258. The highest BCUT2D eigenvalue weighted by Crippen LogP contribution is 2.34. The maximum absolute atomic E-state index is 13.7. The van der Waals surface area contributed by atoms with Gasteiger partial charge in [0.2, 0.25) is 0 Å². The standard InChI is InChI=1S/C31H30BrN3O/c1-30(2,3)21-9-12-34-28(17-21)35-26-10-11-33-18-25(26)24-8-7-19(15-27(24)35)29(36)20-13-22(31(4,5)6)16-23(32)14-20/h7-18H,1-6H3. The second-order valence-corrected chi connectivity index (χ2v) is 12.3. The molecule has 0 fully saturated rings. The zero-order valence-corrected chi connectivity index (χ0v) is 23.1. The fourth-order valence-corrected chi connectivity index (χ4v) is 5.07. The smallest absolute Gasteiger partial charge is 0.193 e. The Labute approximate surface area is 220 Å². The average Bonchev–Trinajstić information content (AvgIpc) is 3.16. The van der Waals surface area contributed by atoms with Gasteiger partial charge in [-0.05, 0) is 64.4 Å². The Morgan fingerprint density at radius 1 is 0.750 bits per heavy atom. The van der Waals surface area contributed by atoms with Crippen LogP contribution in [0.2, 0.25) is 0 Å². The molecule has 182 valence electrons. The number of fused-ring (bicyclic) bond motifs is 3. The molecule has 0 aliphatic heterocycles. The van der Waals surface area contributed by atoms with Crippen LogP contribution in [0.4, 0.5) is 0 Å². The second-order valence-electron chi connectivity index (χ2n) is 11.4. The van der Waals surface area contributed by atoms with Crippen molar-refractivity contribution in [3.8, 4) is 5.82 Å². The summed E-state index contributed by atoms with van der Waals surface area (Å²) in [4.78, 5) is 22.8. The summed E-state index contributed by atoms with van der Waals surface area (Å²) in [5, 5.41) is 2.08. The van der Waals surface area contributed by atoms with Gasteiger partial charge < -0.3 is 0 Å². The summed E-state index contributed by atoms with van der Waals surface area (Å²) < 4.78 is 3.04. The monoisotopic (exact) mass is 539 g/mol. The Balaban J connectivity index is 1.72. The Morgan fingerprint density at radius 2 is 1.50 bits per heavy atom. The van der Waals surface area contributed by atoms with E-state index in [1.807, 2.05) is 48.8 Å². The number of hydrogen-bond acceptors (Lipinski definition) is 3. The first-order valence-electron chi connectivity index (χ1n) is 12.1. The SMILES string of the molecule is CC(C)(C)c1cc(Br)cc(C(=O)c2ccc3c4cnccc4n(-c4cc(C(C)(C)C)ccn4)c3c2)c1. The molecule has 3 heterocycles. The third-order valence-electron chi connectivity index (χ3n) is 6.70. The third-order valence-corrected chi connectivity index (χ3v) is 7.15. The Bertz CT molecular complexity index is 1630. The first kappa shape index (κ1) is 24.4. The summed E-state index contributed by atoms with van der Waals surface area (Å²) in [6.45, 7) is 13.0. The first-order chi connectivity index (χ1) is 16.9. The predicted molar refractivity (Wildman–Crippen MR) is 151 cm³/mol. The van der Waals surface area contributed by atoms with Gasteiger partial charge in [-0.2, -0.15) is 0 Å². The highest BCUT2D eigenvalue weighted by molar-refractivity contribution is 9.10. The molecule has 0 radical (unpaired) electrons. The van der Waals surface area contributed by atoms with Crippen LogP contribution in [0.3, 0.4) is 0 Å². The number of benzene rings is 2. The van der Waals surface area contributed by atoms with Gasteiger partial charge in [0, 0.05) is 45.0 Å². The molecule has 36 heavy (non-hydrogen) atoms. The summed E-state index contributed by atoms with van der Waals surface area (Å²) in [5.74, 6) is 0.825. The second kappa shape index (κ2) is 8.67. The molecule has 5 aromatic rings. The predicted octanol–water partition coefficient (Wildman–Crippen LogP) is 8.16. The molecule has 0 bridgehead atoms. The van der Waals surface area contributed by atoms with Crippen LogP contribution in [0.5, 0.6) is 0 Å². The van der Waals surface area contributed by atoms with Gasteiger partial charge in [0.1, 0.15) is 5.82 Å². The number of aromatic nitrogens is 3. The summed E-state index contributed by atoms with van der Waals surface area (Å²) in [6, 6.07) is 18.1. The molecule has 0 unspecified atom stereocenters. The number of rotatable bonds is 3. The molecule has 0 saturated heterocycles. The van der Waals surface area contributed by atoms with Crippen molar-refractivity contribution in [1.29, 1.82) is 0 Å². The number of halogens is 1. The Kier molecular flexibility index (Phi) is 5.87. The maximum atomic E-state index is 13.7. The minimum absolute atomic E-state index is 0.00460. The van der Waals surface area contributed by atoms with Crippen LogP contribution in [0, 0.1) is 0 Å². The molecule has 5 heteroatoms. The molecule has 3 aromatic heterocycles. The maximum Gasteiger partial charge on any atom is 0.193 e. The molecule has 0 spiro atoms. The molecule has 0 aliphatic rings. The van der Waals surface area contributed by atoms with Gasteiger partial charge in [0.25, 0.3) is 0 Å². The highest BCUT2D eigenvalue weighted by Gasteiger charge is 2.21. The van der Waals surface area contributed by atoms with Crippen molar-refractivity contribution in [3.63, 3.8) is 0 Å². The van der Waals surface area contributed by atoms with E-state index in [-0.39, 0.29) is 16.6 Å². The molecule has 0 N–H and O–H groups in total. The molecule has 5 rings (SSSR count). The van der Waals surface area contributed by atoms with Crippen molar-refractivity contribution < 1.29 is 4.79 Å². The molecule has 2 aromatic carbocycles. The van der Waals surface area contributed by atoms with Gasteiger partial charge >= 0.3 is 0 Å². The van der Waals surface area contributed by atoms with Crippen molar-refractivity contribution in [2.45, 2.75) is 52.4 Å². The van der Waals surface area contributed by atoms with Crippen LogP contribution < -0.4 is 0 Å². The van der Waals surface area contributed by atoms with Gasteiger partial charge in [-0.1, -0.05) is 69.6 Å². The molecule has 4 nitrogen and oxygen atoms in total. The third kappa shape index (κ3) is 4.37. The minimum Gasteiger partial charge on any atom is -0.294 e. The van der Waals surface area contributed by atoms with Crippen LogP contribution in [0.1, 0.15) is 68.6 Å². The van der Waals surface area contributed by atoms with Crippen LogP contribution in [0.15, 0.2) is 77.7 Å². The van der Waals surface area contributed by atoms with Crippen LogP contribution in [0.25, 0.3) is 27.6 Å². The molecule has 0 amide bonds. The number of nitrogens with zero attached hydrogens (tertiary/aromatic N) is 3. The van der Waals surface area contributed by atoms with Gasteiger partial charge in [-0.15, -0.1) is 0 Å². The lowest BCUT2D eigenvalue weighted by Gasteiger charge is -2.20. The van der Waals surface area contributed by atoms with Crippen molar-refractivity contribution >= 4 is 43.5 Å². The Hall–Kier alpha value is -3.31. The van der Waals surface area contributed by atoms with Gasteiger partial charge in [0.15, 0.2) is 5.78 Å². The number of hydrogen-bond donors (Lipinski definition) is 0. The van der Waals surface area contributed by atoms with E-state index in [0.717, 1.165) is 37.7 Å². The summed E-state index contributed by atoms with van der Waals surface area (Å²) in [5.41, 5.74) is 5.51. The lowest BCUT2D eigenvalue weighted by atomic mass is 9.85. The van der Waals surface area contributed by atoms with E-state index in [4.69, 9.17) is 4.98 Å². The molecular formula is C31H30BrN3O. The normalized spacial score (nSPS) is 12.4. The lowest BCUT2D eigenvalue weighted by molar-refractivity contribution is 0.103. The van der Waals surface area contributed by atoms with Crippen LogP contribution in [-0.4, -0.2) is 20.3 Å². The van der Waals surface area contributed by atoms with Crippen LogP contribution in [-0.2, 0) is 10.8 Å². The first-order valence-corrected chi connectivity index (χ1v) is 12.9. The summed E-state index contributed by atoms with van der Waals surface area (Å²) in [7, 11) is 0. The zero-order valence-electron chi connectivity index (χ0n) is 21.6. The van der Waals surface area contributed by atoms with E-state index in [1.165, 1.54) is 5.56 Å². The molecule has 0 aliphatic carbocycles. The average molecular weight is 541 g/mol. The van der Waals surface area contributed by atoms with E-state index in [1.54, 1.807) is 6.20 Å². The number of carbonyl (C=O) groups is 1. The molecular weight excluding hydrogens is 510 g/mol. The lowest BCUT2D eigenvalue weighted by Crippen LogP contribution is -2.13. The minimum atomic E-state index is -0.0636. The molecule has 0 saturated carbocycles. The van der Waals surface area contributed by atoms with Crippen LogP contribution >= 0.6 is 15.9 Å². The van der Waals surface area contributed by atoms with Gasteiger partial charge in [-0.25, -0.2) is 4.98 Å². The summed E-state index contributed by atoms with van der Waals surface area (Å²) in [6.07, 6.45) is 5.54. The van der Waals surface area contributed by atoms with E-state index >= 15 is 0 Å². The van der Waals surface area contributed by atoms with Crippen molar-refractivity contribution in [2.24, 2.45) is 0 Å². The van der Waals surface area contributed by atoms with Crippen molar-refractivity contribution in [3.05, 3.63) is 99.9 Å². The molecule has 0 atom stereocenters. The van der Waals surface area contributed by atoms with Crippen molar-refractivity contribution in [1.82, 2.24) is 14.5 Å². The highest BCUT2D eigenvalue weighted by atomic mass is 79.9. The number of ketones is 1. The van der Waals surface area contributed by atoms with E-state index in [9.17, 15) is 4.79 Å². The largest absolute Gasteiger partial charge is 0.294 e. The van der Waals surface area contributed by atoms with E-state index in [2.05, 4.69) is 85.2 Å². The quantitative estimate of drug-likeness (QED) is 0.217. The number of pyridine rings is 2. The van der Waals surface area contributed by atoms with Gasteiger partial charge in [-0.3, -0.25) is 14.3 Å². The summed E-state index contributed by atoms with van der Waals surface area (Å²) >= 11 is 3.60. The van der Waals surface area contributed by atoms with Crippen molar-refractivity contribution in [2.75, 3.05) is 0 Å². The van der Waals surface area contributed by atoms with Gasteiger partial charge in [0.05, 0.1) is 11.0 Å².